The molecule has 1 amide bonds. The van der Waals surface area contributed by atoms with Crippen molar-refractivity contribution >= 4 is 46.6 Å². The Hall–Kier alpha value is -3.13. The largest absolute Gasteiger partial charge is 0.272 e. The van der Waals surface area contributed by atoms with Gasteiger partial charge in [0.2, 0.25) is 0 Å². The van der Waals surface area contributed by atoms with E-state index in [0.29, 0.717) is 26.7 Å². The molecule has 0 atom stereocenters. The lowest BCUT2D eigenvalue weighted by atomic mass is 10.1. The lowest BCUT2D eigenvalue weighted by Crippen LogP contribution is -2.21. The predicted molar refractivity (Wildman–Crippen MR) is 134 cm³/mol. The summed E-state index contributed by atoms with van der Waals surface area (Å²) in [6.45, 7) is 1.79. The number of rotatable bonds is 7. The highest BCUT2D eigenvalue weighted by Crippen LogP contribution is 2.28. The van der Waals surface area contributed by atoms with Crippen molar-refractivity contribution in [1.29, 1.82) is 0 Å². The van der Waals surface area contributed by atoms with Crippen LogP contribution in [0.4, 0.5) is 0 Å². The van der Waals surface area contributed by atoms with Crippen molar-refractivity contribution in [3.63, 3.8) is 0 Å². The monoisotopic (exact) mass is 495 g/mol. The van der Waals surface area contributed by atoms with Gasteiger partial charge in [0, 0.05) is 26.9 Å². The van der Waals surface area contributed by atoms with Gasteiger partial charge < -0.3 is 0 Å². The van der Waals surface area contributed by atoms with E-state index in [2.05, 4.69) is 20.7 Å². The molecule has 3 aromatic carbocycles. The molecule has 0 aliphatic heterocycles. The van der Waals surface area contributed by atoms with Crippen LogP contribution >= 0.6 is 35.0 Å². The van der Waals surface area contributed by atoms with Gasteiger partial charge in [-0.25, -0.2) is 5.43 Å². The Morgan fingerprint density at radius 3 is 2.39 bits per heavy atom. The highest BCUT2D eigenvalue weighted by atomic mass is 35.5. The van der Waals surface area contributed by atoms with Crippen molar-refractivity contribution in [2.45, 2.75) is 12.1 Å². The zero-order valence-corrected chi connectivity index (χ0v) is 19.9. The van der Waals surface area contributed by atoms with Gasteiger partial charge in [-0.1, -0.05) is 83.5 Å². The van der Waals surface area contributed by atoms with Crippen molar-refractivity contribution in [1.82, 2.24) is 20.2 Å². The zero-order chi connectivity index (χ0) is 23.2. The first-order chi connectivity index (χ1) is 16.0. The molecule has 0 fully saturated rings. The number of amides is 1. The summed E-state index contributed by atoms with van der Waals surface area (Å²) in [6.07, 6.45) is 0. The van der Waals surface area contributed by atoms with Crippen LogP contribution in [0.3, 0.4) is 0 Å². The maximum atomic E-state index is 12.5. The fourth-order valence-corrected chi connectivity index (χ4v) is 4.23. The fraction of sp³-hybridized carbons (Fsp3) is 0.0833. The Bertz CT molecular complexity index is 1290. The molecule has 0 aliphatic rings. The minimum atomic E-state index is -0.265. The Morgan fingerprint density at radius 1 is 0.970 bits per heavy atom. The average Bonchev–Trinajstić information content (AvgIpc) is 3.26. The maximum absolute atomic E-state index is 12.5. The first-order valence-corrected chi connectivity index (χ1v) is 11.7. The summed E-state index contributed by atoms with van der Waals surface area (Å²) in [6, 6.07) is 24.5. The van der Waals surface area contributed by atoms with Crippen LogP contribution < -0.4 is 5.43 Å². The number of hydrogen-bond donors (Lipinski definition) is 1. The van der Waals surface area contributed by atoms with Crippen LogP contribution in [0, 0.1) is 0 Å². The lowest BCUT2D eigenvalue weighted by Gasteiger charge is -2.10. The van der Waals surface area contributed by atoms with Crippen molar-refractivity contribution in [3.8, 4) is 17.1 Å². The molecule has 0 aliphatic carbocycles. The molecule has 0 unspecified atom stereocenters. The second kappa shape index (κ2) is 10.7. The molecular weight excluding hydrogens is 477 g/mol. The van der Waals surface area contributed by atoms with E-state index in [1.807, 2.05) is 65.2 Å². The third kappa shape index (κ3) is 5.63. The van der Waals surface area contributed by atoms with Crippen LogP contribution in [0.15, 0.2) is 89.1 Å². The molecule has 166 valence electrons. The van der Waals surface area contributed by atoms with Crippen molar-refractivity contribution in [2.75, 3.05) is 5.75 Å². The van der Waals surface area contributed by atoms with Crippen LogP contribution in [-0.4, -0.2) is 32.1 Å². The number of aromatic nitrogens is 3. The lowest BCUT2D eigenvalue weighted by molar-refractivity contribution is -0.118. The number of hydrogen-bond acceptors (Lipinski definition) is 5. The Morgan fingerprint density at radius 2 is 1.67 bits per heavy atom. The molecule has 9 heteroatoms. The number of halogens is 2. The topological polar surface area (TPSA) is 72.2 Å². The minimum Gasteiger partial charge on any atom is -0.272 e. The number of hydrazone groups is 1. The first kappa shape index (κ1) is 23.0. The number of nitrogens with zero attached hydrogens (tertiary/aromatic N) is 4. The van der Waals surface area contributed by atoms with Crippen molar-refractivity contribution < 1.29 is 4.79 Å². The van der Waals surface area contributed by atoms with Gasteiger partial charge in [0.1, 0.15) is 0 Å². The third-order valence-corrected chi connectivity index (χ3v) is 6.21. The van der Waals surface area contributed by atoms with E-state index in [1.54, 1.807) is 25.1 Å². The van der Waals surface area contributed by atoms with Crippen LogP contribution in [0.25, 0.3) is 17.1 Å². The fourth-order valence-electron chi connectivity index (χ4n) is 3.08. The quantitative estimate of drug-likeness (QED) is 0.197. The molecule has 0 saturated carbocycles. The molecule has 1 heterocycles. The number of thioether (sulfide) groups is 1. The molecular formula is C24H19Cl2N5OS. The second-order valence-corrected chi connectivity index (χ2v) is 8.77. The minimum absolute atomic E-state index is 0.111. The number of benzene rings is 3. The normalized spacial score (nSPS) is 11.4. The first-order valence-electron chi connectivity index (χ1n) is 10.0. The summed E-state index contributed by atoms with van der Waals surface area (Å²) >= 11 is 13.5. The average molecular weight is 496 g/mol. The molecule has 0 bridgehead atoms. The van der Waals surface area contributed by atoms with E-state index < -0.39 is 0 Å². The SMILES string of the molecule is C/C(=N\NC(=O)CSc1nnc(-c2ccccc2)n1-c1ccc(Cl)cc1)c1ccccc1Cl. The summed E-state index contributed by atoms with van der Waals surface area (Å²) < 4.78 is 1.90. The van der Waals surface area contributed by atoms with Crippen LogP contribution in [0.5, 0.6) is 0 Å². The molecule has 4 rings (SSSR count). The van der Waals surface area contributed by atoms with E-state index in [9.17, 15) is 4.79 Å². The summed E-state index contributed by atoms with van der Waals surface area (Å²) in [7, 11) is 0. The maximum Gasteiger partial charge on any atom is 0.250 e. The molecule has 33 heavy (non-hydrogen) atoms. The number of carbonyl (C=O) groups is 1. The summed E-state index contributed by atoms with van der Waals surface area (Å²) in [4.78, 5) is 12.5. The smallest absolute Gasteiger partial charge is 0.250 e. The predicted octanol–water partition coefficient (Wildman–Crippen LogP) is 5.87. The summed E-state index contributed by atoms with van der Waals surface area (Å²) in [5.41, 5.74) is 5.72. The highest BCUT2D eigenvalue weighted by molar-refractivity contribution is 7.99. The van der Waals surface area contributed by atoms with Gasteiger partial charge in [0.05, 0.1) is 11.5 Å². The van der Waals surface area contributed by atoms with Gasteiger partial charge in [-0.3, -0.25) is 9.36 Å². The van der Waals surface area contributed by atoms with E-state index in [4.69, 9.17) is 23.2 Å². The van der Waals surface area contributed by atoms with Crippen molar-refractivity contribution in [2.24, 2.45) is 5.10 Å². The Kier molecular flexibility index (Phi) is 7.44. The standard InChI is InChI=1S/C24H19Cl2N5OS/c1-16(20-9-5-6-10-21(20)26)27-28-22(32)15-33-24-30-29-23(17-7-3-2-4-8-17)31(24)19-13-11-18(25)12-14-19/h2-14H,15H2,1H3,(H,28,32)/b27-16+. The van der Waals surface area contributed by atoms with E-state index in [-0.39, 0.29) is 11.7 Å². The molecule has 6 nitrogen and oxygen atoms in total. The molecule has 1 N–H and O–H groups in total. The van der Waals surface area contributed by atoms with E-state index in [0.717, 1.165) is 16.8 Å². The van der Waals surface area contributed by atoms with E-state index >= 15 is 0 Å². The molecule has 1 aromatic heterocycles. The number of carbonyl (C=O) groups excluding carboxylic acids is 1. The van der Waals surface area contributed by atoms with Gasteiger partial charge in [0.15, 0.2) is 11.0 Å². The highest BCUT2D eigenvalue weighted by Gasteiger charge is 2.17. The van der Waals surface area contributed by atoms with Gasteiger partial charge >= 0.3 is 0 Å². The molecule has 4 aromatic rings. The van der Waals surface area contributed by atoms with Crippen LogP contribution in [0.2, 0.25) is 10.0 Å². The molecule has 0 saturated heterocycles. The van der Waals surface area contributed by atoms with Crippen LogP contribution in [-0.2, 0) is 4.79 Å². The Labute approximate surface area is 205 Å². The van der Waals surface area contributed by atoms with Crippen molar-refractivity contribution in [3.05, 3.63) is 94.5 Å². The van der Waals surface area contributed by atoms with Gasteiger partial charge in [-0.15, -0.1) is 10.2 Å². The van der Waals surface area contributed by atoms with Gasteiger partial charge in [-0.05, 0) is 37.3 Å². The molecule has 0 spiro atoms. The number of nitrogens with one attached hydrogen (secondary N) is 1. The summed E-state index contributed by atoms with van der Waals surface area (Å²) in [5, 5.41) is 14.7. The molecule has 0 radical (unpaired) electrons. The second-order valence-electron chi connectivity index (χ2n) is 6.98. The third-order valence-electron chi connectivity index (χ3n) is 4.69. The zero-order valence-electron chi connectivity index (χ0n) is 17.6. The van der Waals surface area contributed by atoms with E-state index in [1.165, 1.54) is 11.8 Å². The van der Waals surface area contributed by atoms with Gasteiger partial charge in [0.25, 0.3) is 5.91 Å². The summed E-state index contributed by atoms with van der Waals surface area (Å²) in [5.74, 6) is 0.520. The Balaban J connectivity index is 1.53. The van der Waals surface area contributed by atoms with Crippen LogP contribution in [0.1, 0.15) is 12.5 Å². The van der Waals surface area contributed by atoms with Gasteiger partial charge in [-0.2, -0.15) is 5.10 Å².